The average Bonchev–Trinajstić information content (AvgIpc) is 3.06. The van der Waals surface area contributed by atoms with Crippen LogP contribution in [0.1, 0.15) is 29.6 Å². The molecule has 0 atom stereocenters. The van der Waals surface area contributed by atoms with E-state index in [0.717, 1.165) is 26.2 Å². The maximum absolute atomic E-state index is 12.0. The second-order valence-electron chi connectivity index (χ2n) is 5.53. The Morgan fingerprint density at radius 3 is 2.83 bits per heavy atom. The topological polar surface area (TPSA) is 76.5 Å². The maximum Gasteiger partial charge on any atom is 0.330 e. The first-order valence-electron chi connectivity index (χ1n) is 7.96. The van der Waals surface area contributed by atoms with Crippen molar-refractivity contribution in [1.29, 1.82) is 0 Å². The Morgan fingerprint density at radius 1 is 1.30 bits per heavy atom. The Hall–Kier alpha value is -2.15. The van der Waals surface area contributed by atoms with Crippen LogP contribution in [0.3, 0.4) is 0 Å². The van der Waals surface area contributed by atoms with Crippen molar-refractivity contribution in [2.24, 2.45) is 0 Å². The minimum absolute atomic E-state index is 0.205. The summed E-state index contributed by atoms with van der Waals surface area (Å²) >= 11 is 0. The van der Waals surface area contributed by atoms with E-state index in [1.807, 2.05) is 0 Å². The molecule has 1 N–H and O–H groups in total. The summed E-state index contributed by atoms with van der Waals surface area (Å²) in [6, 6.07) is 0. The van der Waals surface area contributed by atoms with Crippen LogP contribution >= 0.6 is 0 Å². The van der Waals surface area contributed by atoms with E-state index in [9.17, 15) is 9.59 Å². The number of nitrogens with one attached hydrogen (secondary N) is 1. The molecule has 1 aromatic rings. The quantitative estimate of drug-likeness (QED) is 0.595. The molecule has 1 aliphatic rings. The van der Waals surface area contributed by atoms with Crippen LogP contribution in [0.2, 0.25) is 0 Å². The van der Waals surface area contributed by atoms with Crippen LogP contribution in [0.5, 0.6) is 0 Å². The third-order valence-corrected chi connectivity index (χ3v) is 3.83. The van der Waals surface area contributed by atoms with Crippen LogP contribution in [0.15, 0.2) is 24.5 Å². The number of carbonyl (C=O) groups is 2. The molecule has 2 rings (SSSR count). The van der Waals surface area contributed by atoms with Crippen LogP contribution in [0.25, 0.3) is 0 Å². The fraction of sp³-hybridized carbons (Fsp3) is 0.562. The lowest BCUT2D eigenvalue weighted by Gasteiger charge is -2.26. The van der Waals surface area contributed by atoms with Crippen molar-refractivity contribution < 1.29 is 14.3 Å². The summed E-state index contributed by atoms with van der Waals surface area (Å²) in [6.45, 7) is 4.33. The Labute approximate surface area is 136 Å². The Bertz CT molecular complexity index is 547. The third kappa shape index (κ3) is 5.86. The molecule has 0 saturated carbocycles. The molecule has 1 fully saturated rings. The summed E-state index contributed by atoms with van der Waals surface area (Å²) < 4.78 is 6.27. The van der Waals surface area contributed by atoms with Gasteiger partial charge in [0, 0.05) is 25.4 Å². The van der Waals surface area contributed by atoms with Gasteiger partial charge in [0.05, 0.1) is 25.4 Å². The lowest BCUT2D eigenvalue weighted by atomic mass is 10.1. The zero-order valence-corrected chi connectivity index (χ0v) is 13.5. The second-order valence-corrected chi connectivity index (χ2v) is 5.53. The highest BCUT2D eigenvalue weighted by molar-refractivity contribution is 5.93. The highest BCUT2D eigenvalue weighted by Crippen LogP contribution is 2.08. The van der Waals surface area contributed by atoms with Crippen molar-refractivity contribution in [1.82, 2.24) is 20.0 Å². The monoisotopic (exact) mass is 320 g/mol. The largest absolute Gasteiger partial charge is 0.466 e. The minimum Gasteiger partial charge on any atom is -0.466 e. The van der Waals surface area contributed by atoms with Crippen LogP contribution < -0.4 is 5.32 Å². The van der Waals surface area contributed by atoms with E-state index in [1.54, 1.807) is 23.2 Å². The number of nitrogens with zero attached hydrogens (tertiary/aromatic N) is 3. The minimum atomic E-state index is -0.440. The summed E-state index contributed by atoms with van der Waals surface area (Å²) in [6.07, 6.45) is 10.0. The van der Waals surface area contributed by atoms with E-state index in [0.29, 0.717) is 5.56 Å². The van der Waals surface area contributed by atoms with Gasteiger partial charge in [0.1, 0.15) is 0 Å². The normalized spacial score (nSPS) is 15.7. The molecule has 1 saturated heterocycles. The van der Waals surface area contributed by atoms with Crippen molar-refractivity contribution in [3.8, 4) is 0 Å². The molecule has 126 valence electrons. The second kappa shape index (κ2) is 9.09. The molecule has 0 spiro atoms. The fourth-order valence-electron chi connectivity index (χ4n) is 2.51. The Balaban J connectivity index is 1.73. The van der Waals surface area contributed by atoms with Crippen molar-refractivity contribution in [3.05, 3.63) is 30.1 Å². The van der Waals surface area contributed by atoms with E-state index in [2.05, 4.69) is 20.1 Å². The van der Waals surface area contributed by atoms with E-state index in [1.165, 1.54) is 32.4 Å². The summed E-state index contributed by atoms with van der Waals surface area (Å²) in [7, 11) is 1.31. The van der Waals surface area contributed by atoms with E-state index < -0.39 is 5.97 Å². The van der Waals surface area contributed by atoms with Gasteiger partial charge in [0.25, 0.3) is 5.91 Å². The van der Waals surface area contributed by atoms with Crippen molar-refractivity contribution in [2.45, 2.75) is 25.8 Å². The number of rotatable bonds is 7. The molecule has 1 amide bonds. The lowest BCUT2D eigenvalue weighted by molar-refractivity contribution is -0.134. The molecule has 7 heteroatoms. The first-order valence-corrected chi connectivity index (χ1v) is 7.96. The van der Waals surface area contributed by atoms with Gasteiger partial charge in [0.2, 0.25) is 0 Å². The summed E-state index contributed by atoms with van der Waals surface area (Å²) in [4.78, 5) is 25.3. The van der Waals surface area contributed by atoms with Gasteiger partial charge < -0.3 is 15.0 Å². The van der Waals surface area contributed by atoms with Gasteiger partial charge in [-0.05, 0) is 25.9 Å². The smallest absolute Gasteiger partial charge is 0.330 e. The SMILES string of the molecule is COC(=O)/C=C/CNC(=O)c1cnn(CCN2CCCCC2)c1. The van der Waals surface area contributed by atoms with Crippen LogP contribution in [-0.2, 0) is 16.1 Å². The van der Waals surface area contributed by atoms with Gasteiger partial charge >= 0.3 is 5.97 Å². The standard InChI is InChI=1S/C16H24N4O3/c1-23-15(21)6-5-7-17-16(22)14-12-18-20(13-14)11-10-19-8-3-2-4-9-19/h5-6,12-13H,2-4,7-11H2,1H3,(H,17,22)/b6-5+. The first-order chi connectivity index (χ1) is 11.2. The van der Waals surface area contributed by atoms with Crippen LogP contribution in [0, 0.1) is 0 Å². The number of hydrogen-bond donors (Lipinski definition) is 1. The van der Waals surface area contributed by atoms with E-state index in [-0.39, 0.29) is 12.5 Å². The van der Waals surface area contributed by atoms with Crippen LogP contribution in [-0.4, -0.2) is 59.8 Å². The number of hydrogen-bond acceptors (Lipinski definition) is 5. The molecule has 0 radical (unpaired) electrons. The number of amides is 1. The number of aromatic nitrogens is 2. The number of ether oxygens (including phenoxy) is 1. The molecule has 0 aromatic carbocycles. The van der Waals surface area contributed by atoms with E-state index in [4.69, 9.17) is 0 Å². The summed E-state index contributed by atoms with van der Waals surface area (Å²) in [5.41, 5.74) is 0.523. The highest BCUT2D eigenvalue weighted by atomic mass is 16.5. The molecular formula is C16H24N4O3. The number of piperidine rings is 1. The molecule has 7 nitrogen and oxygen atoms in total. The van der Waals surface area contributed by atoms with E-state index >= 15 is 0 Å². The molecule has 1 aliphatic heterocycles. The molecular weight excluding hydrogens is 296 g/mol. The van der Waals surface area contributed by atoms with Gasteiger partial charge in [-0.3, -0.25) is 9.48 Å². The molecule has 2 heterocycles. The van der Waals surface area contributed by atoms with Crippen molar-refractivity contribution >= 4 is 11.9 Å². The lowest BCUT2D eigenvalue weighted by Crippen LogP contribution is -2.32. The van der Waals surface area contributed by atoms with Crippen molar-refractivity contribution in [2.75, 3.05) is 33.3 Å². The first kappa shape index (κ1) is 17.2. The number of carbonyl (C=O) groups excluding carboxylic acids is 2. The number of esters is 1. The van der Waals surface area contributed by atoms with Crippen LogP contribution in [0.4, 0.5) is 0 Å². The molecule has 0 aliphatic carbocycles. The van der Waals surface area contributed by atoms with Gasteiger partial charge in [-0.25, -0.2) is 4.79 Å². The predicted octanol–water partition coefficient (Wildman–Crippen LogP) is 0.828. The average molecular weight is 320 g/mol. The fourth-order valence-corrected chi connectivity index (χ4v) is 2.51. The highest BCUT2D eigenvalue weighted by Gasteiger charge is 2.11. The number of methoxy groups -OCH3 is 1. The number of likely N-dealkylation sites (tertiary alicyclic amines) is 1. The molecule has 0 bridgehead atoms. The summed E-state index contributed by atoms with van der Waals surface area (Å²) in [5.74, 6) is -0.645. The Kier molecular flexibility index (Phi) is 6.80. The van der Waals surface area contributed by atoms with Gasteiger partial charge in [-0.1, -0.05) is 12.5 Å². The zero-order valence-electron chi connectivity index (χ0n) is 13.5. The Morgan fingerprint density at radius 2 is 2.09 bits per heavy atom. The molecule has 23 heavy (non-hydrogen) atoms. The molecule has 1 aromatic heterocycles. The molecule has 0 unspecified atom stereocenters. The van der Waals surface area contributed by atoms with Gasteiger partial charge in [0.15, 0.2) is 0 Å². The van der Waals surface area contributed by atoms with Gasteiger partial charge in [-0.15, -0.1) is 0 Å². The zero-order chi connectivity index (χ0) is 16.5. The predicted molar refractivity (Wildman–Crippen MR) is 86.0 cm³/mol. The van der Waals surface area contributed by atoms with Gasteiger partial charge in [-0.2, -0.15) is 5.10 Å². The van der Waals surface area contributed by atoms with Crippen molar-refractivity contribution in [3.63, 3.8) is 0 Å². The summed E-state index contributed by atoms with van der Waals surface area (Å²) in [5, 5.41) is 6.93. The maximum atomic E-state index is 12.0. The third-order valence-electron chi connectivity index (χ3n) is 3.83.